The first-order valence-corrected chi connectivity index (χ1v) is 20.9. The first-order valence-electron chi connectivity index (χ1n) is 18.6. The van der Waals surface area contributed by atoms with Crippen LogP contribution in [0.3, 0.4) is 0 Å². The zero-order valence-corrected chi connectivity index (χ0v) is 27.2. The van der Waals surface area contributed by atoms with Crippen LogP contribution in [0, 0.1) is 35.5 Å². The summed E-state index contributed by atoms with van der Waals surface area (Å²) in [6, 6.07) is 5.56. The van der Waals surface area contributed by atoms with E-state index in [2.05, 4.69) is 33.3 Å². The summed E-state index contributed by atoms with van der Waals surface area (Å²) in [5.41, 5.74) is 0. The number of thioether (sulfide) groups is 2. The molecule has 10 unspecified atom stereocenters. The van der Waals surface area contributed by atoms with Gasteiger partial charge < -0.3 is 0 Å². The van der Waals surface area contributed by atoms with Crippen LogP contribution < -0.4 is 0 Å². The van der Waals surface area contributed by atoms with Gasteiger partial charge in [-0.1, -0.05) is 64.2 Å². The molecule has 0 aromatic carbocycles. The third kappa shape index (κ3) is 5.19. The smallest absolute Gasteiger partial charge is 0.0200 e. The summed E-state index contributed by atoms with van der Waals surface area (Å²) in [4.78, 5) is 6.64. The molecule has 0 N–H and O–H groups in total. The van der Waals surface area contributed by atoms with Crippen molar-refractivity contribution in [2.45, 2.75) is 165 Å². The highest BCUT2D eigenvalue weighted by Gasteiger charge is 2.59. The SMILES string of the molecule is C1CCC(N(C2CCSC2)C2CC3CCCC4C3C3C(CCCC32)CC4N(C2CCCCC2)C2CCSC2)CC1. The van der Waals surface area contributed by atoms with E-state index in [9.17, 15) is 0 Å². The second-order valence-electron chi connectivity index (χ2n) is 16.0. The van der Waals surface area contributed by atoms with E-state index < -0.39 is 0 Å². The second kappa shape index (κ2) is 12.5. The van der Waals surface area contributed by atoms with E-state index in [-0.39, 0.29) is 0 Å². The Hall–Kier alpha value is 0.620. The maximum atomic E-state index is 3.32. The Bertz CT molecular complexity index is 759. The average molecular weight is 585 g/mol. The first kappa shape index (κ1) is 28.1. The van der Waals surface area contributed by atoms with Gasteiger partial charge in [0, 0.05) is 47.8 Å². The van der Waals surface area contributed by atoms with Crippen LogP contribution in [0.25, 0.3) is 0 Å². The highest BCUT2D eigenvalue weighted by Crippen LogP contribution is 2.62. The standard InChI is InChI=1S/C36H60N2S2/c1-3-11-27(12-4-1)37(29-17-19-39-23-29)33-21-25-9-8-16-32-34(22-26-10-7-15-31(33)35(26)36(25)32)38(30-18-20-40-24-30)28-13-5-2-6-14-28/h25-36H,1-24H2. The maximum Gasteiger partial charge on any atom is 0.0200 e. The van der Waals surface area contributed by atoms with Gasteiger partial charge in [0.15, 0.2) is 0 Å². The minimum Gasteiger partial charge on any atom is -0.293 e. The van der Waals surface area contributed by atoms with Crippen molar-refractivity contribution in [1.29, 1.82) is 0 Å². The van der Waals surface area contributed by atoms with Gasteiger partial charge in [-0.25, -0.2) is 0 Å². The number of nitrogens with zero attached hydrogens (tertiary/aromatic N) is 2. The van der Waals surface area contributed by atoms with Crippen molar-refractivity contribution in [2.24, 2.45) is 35.5 Å². The summed E-state index contributed by atoms with van der Waals surface area (Å²) in [7, 11) is 0. The molecule has 0 amide bonds. The van der Waals surface area contributed by atoms with Crippen LogP contribution >= 0.6 is 23.5 Å². The molecule has 8 fully saturated rings. The van der Waals surface area contributed by atoms with Crippen molar-refractivity contribution in [3.05, 3.63) is 0 Å². The molecule has 6 saturated carbocycles. The molecule has 8 rings (SSSR count). The topological polar surface area (TPSA) is 6.48 Å². The molecular formula is C36H60N2S2. The Morgan fingerprint density at radius 1 is 0.400 bits per heavy atom. The van der Waals surface area contributed by atoms with Gasteiger partial charge in [-0.2, -0.15) is 23.5 Å². The normalized spacial score (nSPS) is 46.6. The highest BCUT2D eigenvalue weighted by molar-refractivity contribution is 7.99. The largest absolute Gasteiger partial charge is 0.293 e. The molecule has 6 aliphatic carbocycles. The van der Waals surface area contributed by atoms with Gasteiger partial charge in [-0.15, -0.1) is 0 Å². The van der Waals surface area contributed by atoms with Crippen LogP contribution in [-0.2, 0) is 0 Å². The van der Waals surface area contributed by atoms with Crippen molar-refractivity contribution in [3.63, 3.8) is 0 Å². The molecule has 0 spiro atoms. The van der Waals surface area contributed by atoms with Crippen LogP contribution in [0.1, 0.15) is 128 Å². The lowest BCUT2D eigenvalue weighted by Crippen LogP contribution is -2.66. The van der Waals surface area contributed by atoms with Crippen molar-refractivity contribution in [3.8, 4) is 0 Å². The van der Waals surface area contributed by atoms with E-state index in [1.54, 1.807) is 51.4 Å². The van der Waals surface area contributed by atoms with Crippen molar-refractivity contribution >= 4 is 23.5 Å². The fourth-order valence-electron chi connectivity index (χ4n) is 13.0. The van der Waals surface area contributed by atoms with Gasteiger partial charge in [-0.05, 0) is 111 Å². The van der Waals surface area contributed by atoms with E-state index in [1.165, 1.54) is 100 Å². The van der Waals surface area contributed by atoms with E-state index in [0.717, 1.165) is 71.8 Å². The van der Waals surface area contributed by atoms with Crippen molar-refractivity contribution < 1.29 is 0 Å². The zero-order valence-electron chi connectivity index (χ0n) is 25.6. The molecule has 0 radical (unpaired) electrons. The van der Waals surface area contributed by atoms with Gasteiger partial charge in [0.2, 0.25) is 0 Å². The predicted octanol–water partition coefficient (Wildman–Crippen LogP) is 8.88. The van der Waals surface area contributed by atoms with Gasteiger partial charge in [0.1, 0.15) is 0 Å². The summed E-state index contributed by atoms with van der Waals surface area (Å²) < 4.78 is 0. The van der Waals surface area contributed by atoms with Crippen LogP contribution in [0.15, 0.2) is 0 Å². The molecule has 40 heavy (non-hydrogen) atoms. The number of rotatable bonds is 6. The van der Waals surface area contributed by atoms with E-state index >= 15 is 0 Å². The van der Waals surface area contributed by atoms with Crippen molar-refractivity contribution in [1.82, 2.24) is 9.80 Å². The molecule has 2 heterocycles. The van der Waals surface area contributed by atoms with Gasteiger partial charge in [-0.3, -0.25) is 9.80 Å². The van der Waals surface area contributed by atoms with Gasteiger partial charge in [0.25, 0.3) is 0 Å². The van der Waals surface area contributed by atoms with Gasteiger partial charge >= 0.3 is 0 Å². The summed E-state index contributed by atoms with van der Waals surface area (Å²) in [5, 5.41) is 0. The molecule has 226 valence electrons. The quantitative estimate of drug-likeness (QED) is 0.307. The zero-order chi connectivity index (χ0) is 26.5. The molecule has 4 heteroatoms. The fraction of sp³-hybridized carbons (Fsp3) is 1.00. The Morgan fingerprint density at radius 3 is 1.25 bits per heavy atom. The summed E-state index contributed by atoms with van der Waals surface area (Å²) >= 11 is 4.57. The lowest BCUT2D eigenvalue weighted by molar-refractivity contribution is -0.157. The molecule has 0 bridgehead atoms. The maximum absolute atomic E-state index is 3.32. The molecule has 2 saturated heterocycles. The Labute approximate surface area is 255 Å². The third-order valence-corrected chi connectivity index (χ3v) is 16.5. The molecule has 0 aromatic heterocycles. The Kier molecular flexibility index (Phi) is 8.82. The molecule has 10 atom stereocenters. The lowest BCUT2D eigenvalue weighted by Gasteiger charge is -2.65. The van der Waals surface area contributed by atoms with E-state index in [0.29, 0.717) is 0 Å². The van der Waals surface area contributed by atoms with Crippen LogP contribution in [0.4, 0.5) is 0 Å². The number of hydrogen-bond donors (Lipinski definition) is 0. The van der Waals surface area contributed by atoms with E-state index in [4.69, 9.17) is 0 Å². The highest BCUT2D eigenvalue weighted by atomic mass is 32.2. The fourth-order valence-corrected chi connectivity index (χ4v) is 15.4. The second-order valence-corrected chi connectivity index (χ2v) is 18.3. The molecule has 0 aromatic rings. The van der Waals surface area contributed by atoms with E-state index in [1.807, 2.05) is 0 Å². The van der Waals surface area contributed by atoms with Gasteiger partial charge in [0.05, 0.1) is 0 Å². The first-order chi connectivity index (χ1) is 19.9. The lowest BCUT2D eigenvalue weighted by atomic mass is 9.45. The molecule has 2 nitrogen and oxygen atoms in total. The number of hydrogen-bond acceptors (Lipinski definition) is 4. The molecule has 8 aliphatic rings. The summed E-state index contributed by atoms with van der Waals surface area (Å²) in [6.45, 7) is 0. The Balaban J connectivity index is 1.11. The predicted molar refractivity (Wildman–Crippen MR) is 174 cm³/mol. The van der Waals surface area contributed by atoms with Crippen molar-refractivity contribution in [2.75, 3.05) is 23.0 Å². The molecule has 2 aliphatic heterocycles. The Morgan fingerprint density at radius 2 is 0.850 bits per heavy atom. The van der Waals surface area contributed by atoms with Crippen LogP contribution in [0.5, 0.6) is 0 Å². The average Bonchev–Trinajstić information content (AvgIpc) is 3.74. The van der Waals surface area contributed by atoms with Crippen LogP contribution in [-0.4, -0.2) is 69.1 Å². The van der Waals surface area contributed by atoms with Crippen LogP contribution in [0.2, 0.25) is 0 Å². The third-order valence-electron chi connectivity index (χ3n) is 14.2. The molecular weight excluding hydrogens is 525 g/mol. The minimum atomic E-state index is 0.910. The minimum absolute atomic E-state index is 0.910. The summed E-state index contributed by atoms with van der Waals surface area (Å²) in [6.07, 6.45) is 30.8. The monoisotopic (exact) mass is 584 g/mol. The summed E-state index contributed by atoms with van der Waals surface area (Å²) in [5.74, 6) is 12.1.